The molecule has 6 rings (SSSR count). The zero-order chi connectivity index (χ0) is 35.7. The topological polar surface area (TPSA) is 212 Å². The zero-order valence-electron chi connectivity index (χ0n) is 29.5. The minimum Gasteiger partial charge on any atom is -1.00 e. The summed E-state index contributed by atoms with van der Waals surface area (Å²) in [6.07, 6.45) is 0.224. The molecular formula is C32H34I2N12O4Zn. The molecule has 19 heteroatoms. The SMILES string of the molecule is CC#N.CC#N.Cc1nc2c(nc1C1=Nc3ccccc3N[C@](C)(c3nc4c(=O)n(C)c(=O)n(C)c4nc3C)C1)c(=O)n(C)c(=O)n2C.[I-].[I-].[Zn+2]. The van der Waals surface area contributed by atoms with E-state index in [1.807, 2.05) is 31.2 Å². The molecule has 1 atom stereocenters. The Kier molecular flexibility index (Phi) is 15.7. The molecule has 1 N–H and O–H groups in total. The number of aromatic nitrogens is 8. The number of benzene rings is 1. The van der Waals surface area contributed by atoms with E-state index in [1.165, 1.54) is 37.1 Å². The van der Waals surface area contributed by atoms with Gasteiger partial charge in [0.25, 0.3) is 11.1 Å². The van der Waals surface area contributed by atoms with E-state index in [-0.39, 0.29) is 96.2 Å². The number of nitrogens with one attached hydrogen (secondary N) is 1. The van der Waals surface area contributed by atoms with Crippen LogP contribution in [0.1, 0.15) is 50.0 Å². The minimum absolute atomic E-state index is 0. The number of halogens is 2. The van der Waals surface area contributed by atoms with Crippen molar-refractivity contribution in [3.63, 3.8) is 0 Å². The molecule has 5 heterocycles. The Labute approximate surface area is 339 Å². The van der Waals surface area contributed by atoms with Crippen LogP contribution in [0.25, 0.3) is 22.3 Å². The van der Waals surface area contributed by atoms with E-state index < -0.39 is 28.0 Å². The monoisotopic (exact) mass is 968 g/mol. The van der Waals surface area contributed by atoms with E-state index in [2.05, 4.69) is 15.3 Å². The Bertz CT molecular complexity index is 2480. The van der Waals surface area contributed by atoms with Crippen molar-refractivity contribution in [2.75, 3.05) is 5.32 Å². The Morgan fingerprint density at radius 2 is 1.20 bits per heavy atom. The van der Waals surface area contributed by atoms with Crippen LogP contribution in [0, 0.1) is 36.5 Å². The maximum atomic E-state index is 13.1. The van der Waals surface area contributed by atoms with Crippen molar-refractivity contribution in [1.82, 2.24) is 38.2 Å². The van der Waals surface area contributed by atoms with Gasteiger partial charge in [-0.05, 0) is 32.9 Å². The number of anilines is 1. The number of nitrogens with zero attached hydrogens (tertiary/aromatic N) is 11. The molecule has 262 valence electrons. The fourth-order valence-electron chi connectivity index (χ4n) is 5.51. The van der Waals surface area contributed by atoms with Crippen LogP contribution in [0.2, 0.25) is 0 Å². The van der Waals surface area contributed by atoms with Crippen molar-refractivity contribution in [2.45, 2.75) is 46.6 Å². The van der Waals surface area contributed by atoms with Crippen molar-refractivity contribution in [3.8, 4) is 12.1 Å². The first kappa shape index (κ1) is 44.8. The smallest absolute Gasteiger partial charge is 1.00 e. The summed E-state index contributed by atoms with van der Waals surface area (Å²) < 4.78 is 4.59. The molecule has 0 saturated heterocycles. The summed E-state index contributed by atoms with van der Waals surface area (Å²) >= 11 is 0. The number of para-hydroxylation sites is 2. The van der Waals surface area contributed by atoms with Gasteiger partial charge in [0.2, 0.25) is 0 Å². The van der Waals surface area contributed by atoms with Gasteiger partial charge >= 0.3 is 30.9 Å². The van der Waals surface area contributed by atoms with Crippen LogP contribution in [0.5, 0.6) is 0 Å². The average Bonchev–Trinajstić information content (AvgIpc) is 3.21. The predicted molar refractivity (Wildman–Crippen MR) is 180 cm³/mol. The fraction of sp³-hybridized carbons (Fsp3) is 0.344. The molecule has 0 bridgehead atoms. The summed E-state index contributed by atoms with van der Waals surface area (Å²) in [5.74, 6) is 0. The first-order valence-electron chi connectivity index (χ1n) is 14.6. The van der Waals surface area contributed by atoms with Crippen molar-refractivity contribution in [2.24, 2.45) is 33.2 Å². The Balaban J connectivity index is 0.00000135. The number of fused-ring (bicyclic) bond motifs is 3. The quantitative estimate of drug-likeness (QED) is 0.133. The molecule has 1 aliphatic rings. The van der Waals surface area contributed by atoms with Gasteiger partial charge in [-0.25, -0.2) is 34.5 Å². The normalized spacial score (nSPS) is 14.1. The molecule has 0 aliphatic carbocycles. The summed E-state index contributed by atoms with van der Waals surface area (Å²) in [5, 5.41) is 18.2. The molecule has 0 spiro atoms. The van der Waals surface area contributed by atoms with Gasteiger partial charge in [-0.3, -0.25) is 27.9 Å². The standard InChI is InChI=1S/C28H28N10O4.2C2H3N.2HI.Zn/c1-13-18(32-19-22(29-13)35(4)26(41)37(6)24(19)39)17-12-28(3,34-16-11-9-8-10-15(16)31-17)21-14(2)30-23-20(33-21)25(40)38(7)27(42)36(23)5;2*1-2-3;;;/h8-11,34H,12H2,1-7H3;2*1H3;2*1H;/q;;;;;+2/p-2/t28-;;;;;/m0...../s1. The van der Waals surface area contributed by atoms with Crippen LogP contribution in [0.15, 0.2) is 48.4 Å². The second kappa shape index (κ2) is 17.8. The third-order valence-electron chi connectivity index (χ3n) is 7.79. The maximum Gasteiger partial charge on any atom is 2.00 e. The molecule has 0 radical (unpaired) electrons. The van der Waals surface area contributed by atoms with Gasteiger partial charge < -0.3 is 53.3 Å². The third-order valence-corrected chi connectivity index (χ3v) is 7.79. The maximum absolute atomic E-state index is 13.1. The molecule has 0 unspecified atom stereocenters. The van der Waals surface area contributed by atoms with Gasteiger partial charge in [0.1, 0.15) is 5.69 Å². The van der Waals surface area contributed by atoms with Crippen LogP contribution in [-0.4, -0.2) is 43.9 Å². The molecule has 5 aromatic rings. The molecule has 51 heavy (non-hydrogen) atoms. The van der Waals surface area contributed by atoms with Crippen LogP contribution in [0.4, 0.5) is 11.4 Å². The van der Waals surface area contributed by atoms with Crippen LogP contribution in [-0.2, 0) is 53.2 Å². The van der Waals surface area contributed by atoms with Crippen molar-refractivity contribution < 1.29 is 67.4 Å². The summed E-state index contributed by atoms with van der Waals surface area (Å²) in [7, 11) is 5.89. The first-order valence-corrected chi connectivity index (χ1v) is 14.6. The average molecular weight is 970 g/mol. The summed E-state index contributed by atoms with van der Waals surface area (Å²) in [5.41, 5.74) is 1.16. The van der Waals surface area contributed by atoms with E-state index in [0.29, 0.717) is 34.2 Å². The first-order chi connectivity index (χ1) is 22.6. The second-order valence-corrected chi connectivity index (χ2v) is 11.2. The number of hydrogen-bond donors (Lipinski definition) is 1. The number of hydrogen-bond acceptors (Lipinski definition) is 12. The van der Waals surface area contributed by atoms with Crippen LogP contribution >= 0.6 is 0 Å². The van der Waals surface area contributed by atoms with Crippen LogP contribution in [0.3, 0.4) is 0 Å². The van der Waals surface area contributed by atoms with E-state index in [4.69, 9.17) is 25.5 Å². The number of rotatable bonds is 2. The number of aryl methyl sites for hydroxylation is 4. The Morgan fingerprint density at radius 3 is 1.71 bits per heavy atom. The van der Waals surface area contributed by atoms with Crippen LogP contribution < -0.4 is 75.8 Å². The Hall–Kier alpha value is -4.21. The molecular weight excluding hydrogens is 936 g/mol. The summed E-state index contributed by atoms with van der Waals surface area (Å²) in [6, 6.07) is 11.0. The van der Waals surface area contributed by atoms with Crippen molar-refractivity contribution in [3.05, 3.63) is 88.7 Å². The fourth-order valence-corrected chi connectivity index (χ4v) is 5.51. The van der Waals surface area contributed by atoms with Gasteiger partial charge in [-0.15, -0.1) is 0 Å². The molecule has 0 saturated carbocycles. The van der Waals surface area contributed by atoms with Crippen molar-refractivity contribution in [1.29, 1.82) is 10.5 Å². The predicted octanol–water partition coefficient (Wildman–Crippen LogP) is -4.10. The molecule has 1 aromatic carbocycles. The van der Waals surface area contributed by atoms with E-state index in [0.717, 1.165) is 14.8 Å². The number of aliphatic imine (C=N–C) groups is 1. The minimum atomic E-state index is -0.964. The van der Waals surface area contributed by atoms with Gasteiger partial charge in [-0.2, -0.15) is 10.5 Å². The largest absolute Gasteiger partial charge is 2.00 e. The molecule has 0 fully saturated rings. The van der Waals surface area contributed by atoms with E-state index in [1.54, 1.807) is 40.1 Å². The van der Waals surface area contributed by atoms with E-state index >= 15 is 0 Å². The number of nitriles is 2. The second-order valence-electron chi connectivity index (χ2n) is 11.2. The summed E-state index contributed by atoms with van der Waals surface area (Å²) in [4.78, 5) is 74.9. The van der Waals surface area contributed by atoms with Gasteiger partial charge in [-0.1, -0.05) is 12.1 Å². The van der Waals surface area contributed by atoms with Gasteiger partial charge in [0, 0.05) is 48.5 Å². The van der Waals surface area contributed by atoms with Gasteiger partial charge in [0.15, 0.2) is 22.3 Å². The summed E-state index contributed by atoms with van der Waals surface area (Å²) in [6.45, 7) is 8.31. The van der Waals surface area contributed by atoms with E-state index in [9.17, 15) is 19.2 Å². The molecule has 0 amide bonds. The third kappa shape index (κ3) is 8.31. The van der Waals surface area contributed by atoms with Gasteiger partial charge in [0.05, 0.1) is 51.8 Å². The zero-order valence-corrected chi connectivity index (χ0v) is 36.8. The van der Waals surface area contributed by atoms with Crippen molar-refractivity contribution >= 4 is 39.4 Å². The molecule has 4 aromatic heterocycles. The Morgan fingerprint density at radius 1 is 0.745 bits per heavy atom. The molecule has 16 nitrogen and oxygen atoms in total. The molecule has 1 aliphatic heterocycles.